The summed E-state index contributed by atoms with van der Waals surface area (Å²) in [5, 5.41) is 3.06. The first-order chi connectivity index (χ1) is 17.5. The van der Waals surface area contributed by atoms with Gasteiger partial charge in [0.15, 0.2) is 0 Å². The van der Waals surface area contributed by atoms with Crippen LogP contribution >= 0.6 is 0 Å². The molecule has 2 aromatic rings. The highest BCUT2D eigenvalue weighted by Crippen LogP contribution is 2.40. The van der Waals surface area contributed by atoms with E-state index in [1.54, 1.807) is 24.1 Å². The van der Waals surface area contributed by atoms with Crippen molar-refractivity contribution < 1.29 is 14.3 Å². The van der Waals surface area contributed by atoms with Crippen molar-refractivity contribution in [3.05, 3.63) is 69.6 Å². The standard InChI is InChI=1S/C29H39N3O4/c1-3-23-13-7-10-16-32(23)28(35)25-20-31(17-18-36-2)19-24(26(25)33)27(34)30-21-29(14-8-9-15-29)22-11-5-4-6-12-22/h4-6,11-12,19-20,23H,3,7-10,13-18,21H2,1-2H3,(H,30,34). The Bertz CT molecular complexity index is 1110. The minimum atomic E-state index is -0.494. The summed E-state index contributed by atoms with van der Waals surface area (Å²) in [6, 6.07) is 10.4. The highest BCUT2D eigenvalue weighted by Gasteiger charge is 2.36. The molecule has 4 rings (SSSR count). The highest BCUT2D eigenvalue weighted by atomic mass is 16.5. The van der Waals surface area contributed by atoms with Gasteiger partial charge < -0.3 is 19.5 Å². The van der Waals surface area contributed by atoms with Crippen LogP contribution in [0.4, 0.5) is 0 Å². The van der Waals surface area contributed by atoms with Crippen LogP contribution in [-0.4, -0.2) is 54.1 Å². The van der Waals surface area contributed by atoms with E-state index in [-0.39, 0.29) is 28.5 Å². The predicted octanol–water partition coefficient (Wildman–Crippen LogP) is 4.14. The monoisotopic (exact) mass is 493 g/mol. The molecule has 0 spiro atoms. The van der Waals surface area contributed by atoms with Gasteiger partial charge in [0.05, 0.1) is 6.61 Å². The molecule has 7 nitrogen and oxygen atoms in total. The first kappa shape index (κ1) is 26.1. The Balaban J connectivity index is 1.62. The predicted molar refractivity (Wildman–Crippen MR) is 140 cm³/mol. The van der Waals surface area contributed by atoms with Gasteiger partial charge in [0.2, 0.25) is 5.43 Å². The quantitative estimate of drug-likeness (QED) is 0.569. The van der Waals surface area contributed by atoms with Gasteiger partial charge in [-0.25, -0.2) is 0 Å². The third kappa shape index (κ3) is 5.56. The zero-order valence-corrected chi connectivity index (χ0v) is 21.6. The second-order valence-electron chi connectivity index (χ2n) is 10.2. The molecule has 1 aromatic heterocycles. The van der Waals surface area contributed by atoms with E-state index < -0.39 is 11.3 Å². The molecule has 1 saturated carbocycles. The Labute approximate surface area is 213 Å². The molecule has 1 N–H and O–H groups in total. The molecular weight excluding hydrogens is 454 g/mol. The third-order valence-electron chi connectivity index (χ3n) is 8.00. The first-order valence-corrected chi connectivity index (χ1v) is 13.4. The third-order valence-corrected chi connectivity index (χ3v) is 8.00. The van der Waals surface area contributed by atoms with Crippen LogP contribution in [0.25, 0.3) is 0 Å². The maximum atomic E-state index is 13.5. The summed E-state index contributed by atoms with van der Waals surface area (Å²) in [4.78, 5) is 42.3. The summed E-state index contributed by atoms with van der Waals surface area (Å²) in [5.74, 6) is -0.697. The maximum Gasteiger partial charge on any atom is 0.259 e. The van der Waals surface area contributed by atoms with Gasteiger partial charge in [-0.05, 0) is 44.1 Å². The SMILES string of the molecule is CCC1CCCCN1C(=O)c1cn(CCOC)cc(C(=O)NCC2(c3ccccc3)CCCC2)c1=O. The van der Waals surface area contributed by atoms with Crippen LogP contribution in [0.5, 0.6) is 0 Å². The van der Waals surface area contributed by atoms with Gasteiger partial charge in [0.25, 0.3) is 11.8 Å². The zero-order chi connectivity index (χ0) is 25.5. The minimum absolute atomic E-state index is 0.0169. The molecule has 2 amide bonds. The van der Waals surface area contributed by atoms with Gasteiger partial charge in [0, 0.05) is 50.6 Å². The Morgan fingerprint density at radius 2 is 1.78 bits per heavy atom. The summed E-state index contributed by atoms with van der Waals surface area (Å²) in [6.45, 7) is 4.04. The lowest BCUT2D eigenvalue weighted by Gasteiger charge is -2.35. The van der Waals surface area contributed by atoms with Crippen molar-refractivity contribution in [1.29, 1.82) is 0 Å². The Morgan fingerprint density at radius 3 is 2.47 bits per heavy atom. The average Bonchev–Trinajstić information content (AvgIpc) is 3.41. The van der Waals surface area contributed by atoms with Gasteiger partial charge in [-0.2, -0.15) is 0 Å². The van der Waals surface area contributed by atoms with Gasteiger partial charge in [-0.3, -0.25) is 14.4 Å². The largest absolute Gasteiger partial charge is 0.383 e. The Hall–Kier alpha value is -2.93. The van der Waals surface area contributed by atoms with Crippen molar-refractivity contribution in [3.8, 4) is 0 Å². The van der Waals surface area contributed by atoms with Crippen molar-refractivity contribution in [2.24, 2.45) is 0 Å². The molecule has 2 aliphatic rings. The van der Waals surface area contributed by atoms with E-state index in [0.29, 0.717) is 26.2 Å². The maximum absolute atomic E-state index is 13.5. The van der Waals surface area contributed by atoms with E-state index in [9.17, 15) is 14.4 Å². The number of hydrogen-bond donors (Lipinski definition) is 1. The van der Waals surface area contributed by atoms with Crippen LogP contribution in [0, 0.1) is 0 Å². The number of aromatic nitrogens is 1. The molecule has 2 heterocycles. The van der Waals surface area contributed by atoms with Crippen LogP contribution in [0.1, 0.15) is 84.6 Å². The second-order valence-corrected chi connectivity index (χ2v) is 10.2. The molecule has 0 bridgehead atoms. The highest BCUT2D eigenvalue weighted by molar-refractivity contribution is 5.99. The van der Waals surface area contributed by atoms with Gasteiger partial charge in [-0.15, -0.1) is 0 Å². The zero-order valence-electron chi connectivity index (χ0n) is 21.6. The number of carbonyl (C=O) groups is 2. The van der Waals surface area contributed by atoms with E-state index in [0.717, 1.165) is 51.4 Å². The fourth-order valence-corrected chi connectivity index (χ4v) is 5.87. The van der Waals surface area contributed by atoms with Crippen molar-refractivity contribution in [2.45, 2.75) is 76.3 Å². The smallest absolute Gasteiger partial charge is 0.259 e. The van der Waals surface area contributed by atoms with Crippen LogP contribution in [0.2, 0.25) is 0 Å². The Kier molecular flexibility index (Phi) is 8.62. The molecule has 1 unspecified atom stereocenters. The number of hydrogen-bond acceptors (Lipinski definition) is 4. The van der Waals surface area contributed by atoms with Crippen LogP contribution in [0.3, 0.4) is 0 Å². The lowest BCUT2D eigenvalue weighted by atomic mass is 9.79. The van der Waals surface area contributed by atoms with Gasteiger partial charge in [0.1, 0.15) is 11.1 Å². The van der Waals surface area contributed by atoms with Crippen molar-refractivity contribution in [3.63, 3.8) is 0 Å². The topological polar surface area (TPSA) is 80.6 Å². The number of piperidine rings is 1. The van der Waals surface area contributed by atoms with E-state index in [4.69, 9.17) is 4.74 Å². The van der Waals surface area contributed by atoms with E-state index in [2.05, 4.69) is 24.4 Å². The number of nitrogens with zero attached hydrogens (tertiary/aromatic N) is 2. The summed E-state index contributed by atoms with van der Waals surface area (Å²) in [6.07, 6.45) is 11.2. The molecule has 194 valence electrons. The number of ether oxygens (including phenoxy) is 1. The summed E-state index contributed by atoms with van der Waals surface area (Å²) >= 11 is 0. The summed E-state index contributed by atoms with van der Waals surface area (Å²) in [5.41, 5.74) is 0.689. The normalized spacial score (nSPS) is 19.3. The lowest BCUT2D eigenvalue weighted by molar-refractivity contribution is 0.0605. The molecule has 2 fully saturated rings. The van der Waals surface area contributed by atoms with Gasteiger partial charge in [-0.1, -0.05) is 50.1 Å². The fourth-order valence-electron chi connectivity index (χ4n) is 5.87. The number of methoxy groups -OCH3 is 1. The molecule has 1 saturated heterocycles. The number of likely N-dealkylation sites (tertiary alicyclic amines) is 1. The second kappa shape index (κ2) is 11.9. The van der Waals surface area contributed by atoms with Crippen LogP contribution in [0.15, 0.2) is 47.5 Å². The molecule has 36 heavy (non-hydrogen) atoms. The van der Waals surface area contributed by atoms with Crippen molar-refractivity contribution in [2.75, 3.05) is 26.8 Å². The van der Waals surface area contributed by atoms with Gasteiger partial charge >= 0.3 is 0 Å². The van der Waals surface area contributed by atoms with E-state index in [1.807, 2.05) is 23.1 Å². The number of amides is 2. The van der Waals surface area contributed by atoms with Crippen LogP contribution in [-0.2, 0) is 16.7 Å². The van der Waals surface area contributed by atoms with Crippen molar-refractivity contribution in [1.82, 2.24) is 14.8 Å². The van der Waals surface area contributed by atoms with E-state index >= 15 is 0 Å². The average molecular weight is 494 g/mol. The minimum Gasteiger partial charge on any atom is -0.383 e. The van der Waals surface area contributed by atoms with E-state index in [1.165, 1.54) is 5.56 Å². The number of benzene rings is 1. The molecule has 7 heteroatoms. The molecule has 0 radical (unpaired) electrons. The lowest BCUT2D eigenvalue weighted by Crippen LogP contribution is -2.46. The fraction of sp³-hybridized carbons (Fsp3) is 0.552. The molecular formula is C29H39N3O4. The van der Waals surface area contributed by atoms with Crippen LogP contribution < -0.4 is 10.7 Å². The number of pyridine rings is 1. The number of nitrogens with one attached hydrogen (secondary N) is 1. The molecule has 1 atom stereocenters. The first-order valence-electron chi connectivity index (χ1n) is 13.4. The molecule has 1 aliphatic heterocycles. The van der Waals surface area contributed by atoms with Crippen molar-refractivity contribution >= 4 is 11.8 Å². The summed E-state index contributed by atoms with van der Waals surface area (Å²) < 4.78 is 6.95. The Morgan fingerprint density at radius 1 is 1.06 bits per heavy atom. The summed E-state index contributed by atoms with van der Waals surface area (Å²) in [7, 11) is 1.60. The number of carbonyl (C=O) groups excluding carboxylic acids is 2. The number of rotatable bonds is 9. The molecule has 1 aliphatic carbocycles. The molecule has 1 aromatic carbocycles.